The Labute approximate surface area is 179 Å². The molecule has 5 aromatic rings. The summed E-state index contributed by atoms with van der Waals surface area (Å²) in [4.78, 5) is 9.21. The van der Waals surface area contributed by atoms with Crippen LogP contribution in [0.2, 0.25) is 0 Å². The summed E-state index contributed by atoms with van der Waals surface area (Å²) in [5, 5.41) is 17.7. The van der Waals surface area contributed by atoms with Crippen LogP contribution in [0, 0.1) is 13.8 Å². The van der Waals surface area contributed by atoms with E-state index < -0.39 is 0 Å². The number of pyridine rings is 2. The number of hydrogen-bond acceptors (Lipinski definition) is 5. The molecule has 31 heavy (non-hydrogen) atoms. The molecule has 7 heteroatoms. The third kappa shape index (κ3) is 3.46. The minimum Gasteiger partial charge on any atom is -0.353 e. The maximum Gasteiger partial charge on any atom is 0.134 e. The number of rotatable bonds is 5. The Bertz CT molecular complexity index is 1400. The van der Waals surface area contributed by atoms with E-state index in [2.05, 4.69) is 75.4 Å². The fraction of sp³-hybridized carbons (Fsp3) is 0.0833. The quantitative estimate of drug-likeness (QED) is 0.376. The summed E-state index contributed by atoms with van der Waals surface area (Å²) in [5.74, 6) is 0. The summed E-state index contributed by atoms with van der Waals surface area (Å²) >= 11 is 0. The first-order chi connectivity index (χ1) is 15.1. The van der Waals surface area contributed by atoms with E-state index in [1.165, 1.54) is 5.56 Å². The predicted molar refractivity (Wildman–Crippen MR) is 123 cm³/mol. The van der Waals surface area contributed by atoms with E-state index in [0.717, 1.165) is 44.7 Å². The van der Waals surface area contributed by atoms with Crippen molar-refractivity contribution >= 4 is 22.4 Å². The number of nitrogens with one attached hydrogen (secondary N) is 3. The fourth-order valence-corrected chi connectivity index (χ4v) is 3.64. The number of fused-ring (bicyclic) bond motifs is 1. The fourth-order valence-electron chi connectivity index (χ4n) is 3.64. The molecule has 0 spiro atoms. The monoisotopic (exact) mass is 407 g/mol. The zero-order valence-corrected chi connectivity index (χ0v) is 17.3. The molecule has 0 saturated carbocycles. The first kappa shape index (κ1) is 18.7. The number of aryl methyl sites for hydroxylation is 1. The molecular formula is C24H21N7. The van der Waals surface area contributed by atoms with Gasteiger partial charge in [-0.1, -0.05) is 36.4 Å². The minimum absolute atomic E-state index is 0.648. The van der Waals surface area contributed by atoms with Crippen molar-refractivity contribution in [3.63, 3.8) is 0 Å². The maximum atomic E-state index is 4.77. The standard InChI is InChI=1S/C24H21N7/c1-14-5-4-6-17(9-14)19-12-25-13-22(15(19)2)28-16(3)23-24-21(30-31-23)8-7-20(29-24)18-10-26-27-11-18/h4-13,28H,3H2,1-2H3,(H,26,27)(H,30,31). The van der Waals surface area contributed by atoms with Gasteiger partial charge in [-0.2, -0.15) is 10.2 Å². The number of aromatic nitrogens is 6. The largest absolute Gasteiger partial charge is 0.353 e. The maximum absolute atomic E-state index is 4.77. The Kier molecular flexibility index (Phi) is 4.55. The lowest BCUT2D eigenvalue weighted by Gasteiger charge is -2.14. The zero-order chi connectivity index (χ0) is 21.4. The van der Waals surface area contributed by atoms with Gasteiger partial charge in [-0.3, -0.25) is 15.2 Å². The molecule has 0 atom stereocenters. The molecule has 0 aliphatic rings. The molecule has 5 rings (SSSR count). The summed E-state index contributed by atoms with van der Waals surface area (Å²) in [6.07, 6.45) is 7.25. The van der Waals surface area contributed by atoms with Gasteiger partial charge in [0.1, 0.15) is 11.2 Å². The van der Waals surface area contributed by atoms with Crippen molar-refractivity contribution in [2.45, 2.75) is 13.8 Å². The third-order valence-electron chi connectivity index (χ3n) is 5.32. The van der Waals surface area contributed by atoms with Gasteiger partial charge >= 0.3 is 0 Å². The zero-order valence-electron chi connectivity index (χ0n) is 17.3. The van der Waals surface area contributed by atoms with Crippen LogP contribution in [0.5, 0.6) is 0 Å². The van der Waals surface area contributed by atoms with Crippen LogP contribution in [0.3, 0.4) is 0 Å². The van der Waals surface area contributed by atoms with Gasteiger partial charge in [0.05, 0.1) is 35.0 Å². The molecule has 0 fully saturated rings. The molecule has 1 aromatic carbocycles. The highest BCUT2D eigenvalue weighted by Crippen LogP contribution is 2.30. The summed E-state index contributed by atoms with van der Waals surface area (Å²) < 4.78 is 0. The number of aromatic amines is 2. The average Bonchev–Trinajstić information content (AvgIpc) is 3.45. The highest BCUT2D eigenvalue weighted by molar-refractivity contribution is 5.91. The molecule has 4 heterocycles. The molecule has 0 saturated heterocycles. The van der Waals surface area contributed by atoms with E-state index in [1.54, 1.807) is 12.4 Å². The lowest BCUT2D eigenvalue weighted by molar-refractivity contribution is 1.09. The molecule has 3 N–H and O–H groups in total. The van der Waals surface area contributed by atoms with Crippen molar-refractivity contribution in [2.24, 2.45) is 0 Å². The average molecular weight is 407 g/mol. The van der Waals surface area contributed by atoms with E-state index in [4.69, 9.17) is 4.98 Å². The van der Waals surface area contributed by atoms with Crippen molar-refractivity contribution in [2.75, 3.05) is 5.32 Å². The smallest absolute Gasteiger partial charge is 0.134 e. The second-order valence-corrected chi connectivity index (χ2v) is 7.48. The van der Waals surface area contributed by atoms with E-state index in [1.807, 2.05) is 24.5 Å². The van der Waals surface area contributed by atoms with Crippen molar-refractivity contribution < 1.29 is 0 Å². The van der Waals surface area contributed by atoms with Crippen LogP contribution in [-0.4, -0.2) is 30.4 Å². The number of nitrogens with zero attached hydrogens (tertiary/aromatic N) is 4. The van der Waals surface area contributed by atoms with Gasteiger partial charge in [0.25, 0.3) is 0 Å². The molecule has 0 radical (unpaired) electrons. The van der Waals surface area contributed by atoms with E-state index >= 15 is 0 Å². The van der Waals surface area contributed by atoms with Gasteiger partial charge in [-0.25, -0.2) is 4.98 Å². The molecule has 0 amide bonds. The summed E-state index contributed by atoms with van der Waals surface area (Å²) in [5.41, 5.74) is 10.0. The minimum atomic E-state index is 0.648. The van der Waals surface area contributed by atoms with Crippen molar-refractivity contribution in [1.29, 1.82) is 0 Å². The first-order valence-corrected chi connectivity index (χ1v) is 9.92. The molecular weight excluding hydrogens is 386 g/mol. The molecule has 0 aliphatic heterocycles. The Morgan fingerprint density at radius 1 is 1.03 bits per heavy atom. The Hall–Kier alpha value is -4.26. The molecule has 0 aliphatic carbocycles. The van der Waals surface area contributed by atoms with Crippen LogP contribution in [0.1, 0.15) is 16.8 Å². The Morgan fingerprint density at radius 2 is 1.94 bits per heavy atom. The van der Waals surface area contributed by atoms with E-state index in [9.17, 15) is 0 Å². The van der Waals surface area contributed by atoms with Gasteiger partial charge in [0.2, 0.25) is 0 Å². The molecule has 0 unspecified atom stereocenters. The molecule has 152 valence electrons. The highest BCUT2D eigenvalue weighted by Gasteiger charge is 2.15. The van der Waals surface area contributed by atoms with E-state index in [0.29, 0.717) is 11.4 Å². The molecule has 7 nitrogen and oxygen atoms in total. The summed E-state index contributed by atoms with van der Waals surface area (Å²) in [7, 11) is 0. The van der Waals surface area contributed by atoms with Gasteiger partial charge in [-0.15, -0.1) is 0 Å². The van der Waals surface area contributed by atoms with E-state index in [-0.39, 0.29) is 0 Å². The normalized spacial score (nSPS) is 11.0. The molecule has 0 bridgehead atoms. The summed E-state index contributed by atoms with van der Waals surface area (Å²) in [6.45, 7) is 8.38. The highest BCUT2D eigenvalue weighted by atomic mass is 15.1. The number of anilines is 1. The third-order valence-corrected chi connectivity index (χ3v) is 5.32. The summed E-state index contributed by atoms with van der Waals surface area (Å²) in [6, 6.07) is 12.3. The van der Waals surface area contributed by atoms with Crippen LogP contribution in [0.4, 0.5) is 5.69 Å². The topological polar surface area (TPSA) is 95.2 Å². The number of H-pyrrole nitrogens is 2. The Morgan fingerprint density at radius 3 is 2.74 bits per heavy atom. The van der Waals surface area contributed by atoms with Crippen LogP contribution >= 0.6 is 0 Å². The SMILES string of the molecule is C=C(Nc1cncc(-c2cccc(C)c2)c1C)c1n[nH]c2ccc(-c3cn[nH]c3)nc12. The van der Waals surface area contributed by atoms with Gasteiger partial charge in [-0.05, 0) is 37.1 Å². The van der Waals surface area contributed by atoms with Crippen molar-refractivity contribution in [3.8, 4) is 22.4 Å². The van der Waals surface area contributed by atoms with Crippen molar-refractivity contribution in [3.05, 3.63) is 84.6 Å². The second-order valence-electron chi connectivity index (χ2n) is 7.48. The Balaban J connectivity index is 1.49. The van der Waals surface area contributed by atoms with Gasteiger partial charge in [0.15, 0.2) is 0 Å². The second kappa shape index (κ2) is 7.53. The van der Waals surface area contributed by atoms with Crippen LogP contribution < -0.4 is 5.32 Å². The van der Waals surface area contributed by atoms with Gasteiger partial charge in [0, 0.05) is 23.5 Å². The number of hydrogen-bond donors (Lipinski definition) is 3. The predicted octanol–water partition coefficient (Wildman–Crippen LogP) is 5.11. The number of benzene rings is 1. The lowest BCUT2D eigenvalue weighted by Crippen LogP contribution is -2.02. The lowest BCUT2D eigenvalue weighted by atomic mass is 10.00. The van der Waals surface area contributed by atoms with Crippen LogP contribution in [0.15, 0.2) is 67.8 Å². The molecule has 4 aromatic heterocycles. The van der Waals surface area contributed by atoms with Crippen LogP contribution in [-0.2, 0) is 0 Å². The van der Waals surface area contributed by atoms with Crippen molar-refractivity contribution in [1.82, 2.24) is 30.4 Å². The van der Waals surface area contributed by atoms with Crippen LogP contribution in [0.25, 0.3) is 39.1 Å². The first-order valence-electron chi connectivity index (χ1n) is 9.92. The van der Waals surface area contributed by atoms with Gasteiger partial charge < -0.3 is 5.32 Å².